The van der Waals surface area contributed by atoms with E-state index in [1.165, 1.54) is 6.07 Å². The molecule has 0 saturated heterocycles. The van der Waals surface area contributed by atoms with Crippen LogP contribution in [0.5, 0.6) is 0 Å². The molecule has 0 aliphatic rings. The van der Waals surface area contributed by atoms with Crippen molar-refractivity contribution >= 4 is 29.2 Å². The van der Waals surface area contributed by atoms with E-state index in [1.54, 1.807) is 24.3 Å². The van der Waals surface area contributed by atoms with Crippen LogP contribution in [0.25, 0.3) is 11.3 Å². The minimum atomic E-state index is -1.14. The molecule has 0 radical (unpaired) electrons. The Balaban J connectivity index is 2.23. The number of nitrogens with one attached hydrogen (secondary N) is 1. The molecule has 0 unspecified atom stereocenters. The highest BCUT2D eigenvalue weighted by atomic mass is 35.5. The molecule has 5 nitrogen and oxygen atoms in total. The molecule has 1 aromatic heterocycles. The second-order valence-corrected chi connectivity index (χ2v) is 5.60. The first-order valence-corrected chi connectivity index (χ1v) is 7.82. The van der Waals surface area contributed by atoms with Gasteiger partial charge < -0.3 is 14.8 Å². The maximum atomic E-state index is 12.0. The molecular weight excluding hydrogens is 318 g/mol. The van der Waals surface area contributed by atoms with Crippen molar-refractivity contribution in [2.24, 2.45) is 0 Å². The van der Waals surface area contributed by atoms with Crippen LogP contribution < -0.4 is 5.32 Å². The Kier molecular flexibility index (Phi) is 5.82. The van der Waals surface area contributed by atoms with Gasteiger partial charge in [-0.25, -0.2) is 4.79 Å². The molecule has 0 atom stereocenters. The summed E-state index contributed by atoms with van der Waals surface area (Å²) in [5.74, 6) is -1.04. The summed E-state index contributed by atoms with van der Waals surface area (Å²) in [7, 11) is 0. The Labute approximate surface area is 139 Å². The Hall–Kier alpha value is -2.27. The zero-order chi connectivity index (χ0) is 16.8. The number of anilines is 1. The molecule has 1 aromatic carbocycles. The Morgan fingerprint density at radius 1 is 1.22 bits per heavy atom. The molecule has 2 N–H and O–H groups in total. The number of aromatic carboxylic acids is 1. The highest BCUT2D eigenvalue weighted by Crippen LogP contribution is 2.32. The average molecular weight is 336 g/mol. The number of benzene rings is 1. The van der Waals surface area contributed by atoms with Crippen molar-refractivity contribution in [3.05, 3.63) is 41.1 Å². The maximum absolute atomic E-state index is 12.0. The molecule has 6 heteroatoms. The zero-order valence-electron chi connectivity index (χ0n) is 12.8. The normalized spacial score (nSPS) is 10.5. The van der Waals surface area contributed by atoms with Crippen molar-refractivity contribution in [3.8, 4) is 11.3 Å². The van der Waals surface area contributed by atoms with Gasteiger partial charge in [0.25, 0.3) is 0 Å². The lowest BCUT2D eigenvalue weighted by Crippen LogP contribution is -2.11. The van der Waals surface area contributed by atoms with Crippen LogP contribution in [0.2, 0.25) is 5.02 Å². The molecule has 0 fully saturated rings. The molecule has 2 rings (SSSR count). The smallest absolute Gasteiger partial charge is 0.371 e. The molecule has 0 spiro atoms. The third-order valence-electron chi connectivity index (χ3n) is 3.35. The van der Waals surface area contributed by atoms with Crippen molar-refractivity contribution in [1.82, 2.24) is 0 Å². The summed E-state index contributed by atoms with van der Waals surface area (Å²) in [6.45, 7) is 2.07. The van der Waals surface area contributed by atoms with Crippen molar-refractivity contribution < 1.29 is 19.1 Å². The topological polar surface area (TPSA) is 79.5 Å². The van der Waals surface area contributed by atoms with Gasteiger partial charge in [-0.05, 0) is 36.8 Å². The molecular formula is C17H18ClNO4. The van der Waals surface area contributed by atoms with Crippen LogP contribution >= 0.6 is 11.6 Å². The van der Waals surface area contributed by atoms with Gasteiger partial charge in [0, 0.05) is 17.0 Å². The van der Waals surface area contributed by atoms with Crippen molar-refractivity contribution in [2.45, 2.75) is 32.6 Å². The van der Waals surface area contributed by atoms with Gasteiger partial charge in [0.15, 0.2) is 0 Å². The Bertz CT molecular complexity index is 708. The van der Waals surface area contributed by atoms with Gasteiger partial charge in [-0.2, -0.15) is 0 Å². The highest BCUT2D eigenvalue weighted by Gasteiger charge is 2.15. The molecule has 1 amide bonds. The number of carbonyl (C=O) groups is 2. The fraction of sp³-hybridized carbons (Fsp3) is 0.294. The van der Waals surface area contributed by atoms with Gasteiger partial charge in [-0.15, -0.1) is 0 Å². The van der Waals surface area contributed by atoms with Crippen LogP contribution in [0.4, 0.5) is 5.69 Å². The molecule has 0 aliphatic heterocycles. The lowest BCUT2D eigenvalue weighted by Gasteiger charge is -2.10. The number of furan rings is 1. The van der Waals surface area contributed by atoms with E-state index >= 15 is 0 Å². The van der Waals surface area contributed by atoms with Crippen molar-refractivity contribution in [3.63, 3.8) is 0 Å². The number of carboxylic acids is 1. The maximum Gasteiger partial charge on any atom is 0.371 e. The molecule has 23 heavy (non-hydrogen) atoms. The third kappa shape index (κ3) is 4.60. The number of hydrogen-bond acceptors (Lipinski definition) is 3. The van der Waals surface area contributed by atoms with Crippen molar-refractivity contribution in [1.29, 1.82) is 0 Å². The Morgan fingerprint density at radius 3 is 2.65 bits per heavy atom. The largest absolute Gasteiger partial charge is 0.475 e. The predicted octanol–water partition coefficient (Wildman–Crippen LogP) is 4.82. The summed E-state index contributed by atoms with van der Waals surface area (Å²) in [4.78, 5) is 22.9. The van der Waals surface area contributed by atoms with E-state index in [0.717, 1.165) is 19.3 Å². The molecule has 2 aromatic rings. The summed E-state index contributed by atoms with van der Waals surface area (Å²) >= 11 is 5.99. The van der Waals surface area contributed by atoms with Crippen molar-refractivity contribution in [2.75, 3.05) is 5.32 Å². The predicted molar refractivity (Wildman–Crippen MR) is 88.9 cm³/mol. The lowest BCUT2D eigenvalue weighted by atomic mass is 10.1. The van der Waals surface area contributed by atoms with Crippen LogP contribution in [-0.2, 0) is 4.79 Å². The number of carboxylic acid groups (broad SMARTS) is 1. The monoisotopic (exact) mass is 335 g/mol. The molecule has 0 bridgehead atoms. The third-order valence-corrected chi connectivity index (χ3v) is 3.58. The van der Waals surface area contributed by atoms with Gasteiger partial charge >= 0.3 is 5.97 Å². The number of carbonyl (C=O) groups excluding carboxylic acids is 1. The van der Waals surface area contributed by atoms with Crippen LogP contribution in [0.3, 0.4) is 0 Å². The van der Waals surface area contributed by atoms with Gasteiger partial charge in [0.2, 0.25) is 11.7 Å². The minimum Gasteiger partial charge on any atom is -0.475 e. The summed E-state index contributed by atoms with van der Waals surface area (Å²) in [6, 6.07) is 7.90. The van der Waals surface area contributed by atoms with Crippen LogP contribution in [0, 0.1) is 0 Å². The van der Waals surface area contributed by atoms with Crippen LogP contribution in [0.15, 0.2) is 34.7 Å². The fourth-order valence-corrected chi connectivity index (χ4v) is 2.35. The second-order valence-electron chi connectivity index (χ2n) is 5.16. The highest BCUT2D eigenvalue weighted by molar-refractivity contribution is 6.31. The summed E-state index contributed by atoms with van der Waals surface area (Å²) < 4.78 is 5.30. The van der Waals surface area contributed by atoms with E-state index in [4.69, 9.17) is 21.1 Å². The fourth-order valence-electron chi connectivity index (χ4n) is 2.18. The molecule has 0 aliphatic carbocycles. The summed E-state index contributed by atoms with van der Waals surface area (Å²) in [5, 5.41) is 12.2. The van der Waals surface area contributed by atoms with Crippen LogP contribution in [0.1, 0.15) is 43.2 Å². The van der Waals surface area contributed by atoms with E-state index in [-0.39, 0.29) is 11.7 Å². The number of rotatable bonds is 7. The summed E-state index contributed by atoms with van der Waals surface area (Å²) in [5.41, 5.74) is 1.09. The first kappa shape index (κ1) is 17.1. The molecule has 0 saturated carbocycles. The number of amides is 1. The quantitative estimate of drug-likeness (QED) is 0.711. The van der Waals surface area contributed by atoms with E-state index in [9.17, 15) is 9.59 Å². The second kappa shape index (κ2) is 7.83. The van der Waals surface area contributed by atoms with Gasteiger partial charge in [-0.3, -0.25) is 4.79 Å². The first-order chi connectivity index (χ1) is 11.0. The Morgan fingerprint density at radius 2 is 2.00 bits per heavy atom. The lowest BCUT2D eigenvalue weighted by molar-refractivity contribution is -0.116. The van der Waals surface area contributed by atoms with Gasteiger partial charge in [-0.1, -0.05) is 31.4 Å². The average Bonchev–Trinajstić information content (AvgIpc) is 2.97. The van der Waals surface area contributed by atoms with Gasteiger partial charge in [0.1, 0.15) is 5.76 Å². The minimum absolute atomic E-state index is 0.105. The molecule has 122 valence electrons. The molecule has 1 heterocycles. The van der Waals surface area contributed by atoms with Crippen LogP contribution in [-0.4, -0.2) is 17.0 Å². The van der Waals surface area contributed by atoms with E-state index in [2.05, 4.69) is 12.2 Å². The van der Waals surface area contributed by atoms with E-state index in [1.807, 2.05) is 0 Å². The first-order valence-electron chi connectivity index (χ1n) is 7.44. The summed E-state index contributed by atoms with van der Waals surface area (Å²) in [6.07, 6.45) is 3.29. The standard InChI is InChI=1S/C17H18ClNO4/c1-2-3-4-5-16(20)19-13-10-11(18)6-7-12(13)14-8-9-15(23-14)17(21)22/h6-10H,2-5H2,1H3,(H,19,20)(H,21,22). The SMILES string of the molecule is CCCCCC(=O)Nc1cc(Cl)ccc1-c1ccc(C(=O)O)o1. The number of halogens is 1. The van der Waals surface area contributed by atoms with Gasteiger partial charge in [0.05, 0.1) is 5.69 Å². The van der Waals surface area contributed by atoms with E-state index in [0.29, 0.717) is 28.5 Å². The number of hydrogen-bond donors (Lipinski definition) is 2. The number of unbranched alkanes of at least 4 members (excludes halogenated alkanes) is 2. The van der Waals surface area contributed by atoms with E-state index < -0.39 is 5.97 Å². The zero-order valence-corrected chi connectivity index (χ0v) is 13.5.